The van der Waals surface area contributed by atoms with Crippen LogP contribution in [0.3, 0.4) is 0 Å². The summed E-state index contributed by atoms with van der Waals surface area (Å²) in [7, 11) is 0. The molecule has 1 heterocycles. The fourth-order valence-corrected chi connectivity index (χ4v) is 5.67. The third-order valence-corrected chi connectivity index (χ3v) is 6.16. The monoisotopic (exact) mass is 273 g/mol. The first kappa shape index (κ1) is 12.9. The highest BCUT2D eigenvalue weighted by Gasteiger charge is 2.49. The lowest BCUT2D eigenvalue weighted by Gasteiger charge is -2.53. The Kier molecular flexibility index (Phi) is 2.99. The van der Waals surface area contributed by atoms with Gasteiger partial charge in [0.1, 0.15) is 11.5 Å². The van der Waals surface area contributed by atoms with E-state index < -0.39 is 0 Å². The summed E-state index contributed by atoms with van der Waals surface area (Å²) in [5, 5.41) is 0. The highest BCUT2D eigenvalue weighted by atomic mass is 16.3. The molecule has 4 fully saturated rings. The topological polar surface area (TPSA) is 39.2 Å². The van der Waals surface area contributed by atoms with Crippen molar-refractivity contribution >= 4 is 0 Å². The SMILES string of the molecule is CC(C)c1oc(C2C3CC4CC(C3)CC2C4)cc1CN. The molecule has 110 valence electrons. The molecule has 4 aliphatic carbocycles. The molecule has 4 saturated carbocycles. The van der Waals surface area contributed by atoms with E-state index in [0.29, 0.717) is 18.4 Å². The van der Waals surface area contributed by atoms with E-state index in [2.05, 4.69) is 19.9 Å². The fourth-order valence-electron chi connectivity index (χ4n) is 5.67. The Morgan fingerprint density at radius 3 is 2.15 bits per heavy atom. The normalized spacial score (nSPS) is 38.9. The van der Waals surface area contributed by atoms with Crippen LogP contribution in [0.25, 0.3) is 0 Å². The van der Waals surface area contributed by atoms with Crippen molar-refractivity contribution in [2.75, 3.05) is 0 Å². The third kappa shape index (κ3) is 1.88. The third-order valence-electron chi connectivity index (χ3n) is 6.16. The lowest BCUT2D eigenvalue weighted by Crippen LogP contribution is -2.43. The van der Waals surface area contributed by atoms with E-state index in [0.717, 1.165) is 29.4 Å². The highest BCUT2D eigenvalue weighted by Crippen LogP contribution is 2.60. The standard InChI is InChI=1S/C18H27NO/c1-10(2)18-15(9-19)8-16(20-18)17-13-4-11-3-12(6-13)7-14(17)5-11/h8,10-14,17H,3-7,9,19H2,1-2H3. The molecule has 0 amide bonds. The molecule has 4 aliphatic rings. The van der Waals surface area contributed by atoms with Crippen molar-refractivity contribution < 1.29 is 4.42 Å². The maximum atomic E-state index is 6.31. The van der Waals surface area contributed by atoms with Crippen LogP contribution in [0.1, 0.15) is 74.9 Å². The van der Waals surface area contributed by atoms with Crippen LogP contribution in [0.2, 0.25) is 0 Å². The Balaban J connectivity index is 1.67. The van der Waals surface area contributed by atoms with Gasteiger partial charge in [-0.15, -0.1) is 0 Å². The van der Waals surface area contributed by atoms with E-state index in [1.807, 2.05) is 0 Å². The summed E-state index contributed by atoms with van der Waals surface area (Å²) in [5.41, 5.74) is 7.16. The average Bonchev–Trinajstić information content (AvgIpc) is 2.81. The average molecular weight is 273 g/mol. The predicted molar refractivity (Wildman–Crippen MR) is 80.5 cm³/mol. The van der Waals surface area contributed by atoms with Gasteiger partial charge in [0.25, 0.3) is 0 Å². The van der Waals surface area contributed by atoms with Crippen molar-refractivity contribution in [3.63, 3.8) is 0 Å². The molecule has 2 nitrogen and oxygen atoms in total. The highest BCUT2D eigenvalue weighted by molar-refractivity contribution is 5.27. The number of hydrogen-bond donors (Lipinski definition) is 1. The summed E-state index contributed by atoms with van der Waals surface area (Å²) in [6.45, 7) is 5.03. The second-order valence-corrected chi connectivity index (χ2v) is 7.85. The minimum atomic E-state index is 0.444. The molecule has 2 N–H and O–H groups in total. The fraction of sp³-hybridized carbons (Fsp3) is 0.778. The first-order valence-electron chi connectivity index (χ1n) is 8.48. The molecule has 0 radical (unpaired) electrons. The summed E-state index contributed by atoms with van der Waals surface area (Å²) in [4.78, 5) is 0. The second kappa shape index (κ2) is 4.62. The Hall–Kier alpha value is -0.760. The van der Waals surface area contributed by atoms with Crippen molar-refractivity contribution in [2.24, 2.45) is 29.4 Å². The quantitative estimate of drug-likeness (QED) is 0.886. The van der Waals surface area contributed by atoms with E-state index in [4.69, 9.17) is 10.2 Å². The van der Waals surface area contributed by atoms with E-state index in [1.165, 1.54) is 43.4 Å². The summed E-state index contributed by atoms with van der Waals surface area (Å²) < 4.78 is 6.31. The minimum absolute atomic E-state index is 0.444. The summed E-state index contributed by atoms with van der Waals surface area (Å²) in [6.07, 6.45) is 7.32. The van der Waals surface area contributed by atoms with Gasteiger partial charge in [-0.25, -0.2) is 0 Å². The van der Waals surface area contributed by atoms with Gasteiger partial charge >= 0.3 is 0 Å². The zero-order valence-corrected chi connectivity index (χ0v) is 12.8. The van der Waals surface area contributed by atoms with Crippen LogP contribution in [0.4, 0.5) is 0 Å². The Morgan fingerprint density at radius 1 is 1.10 bits per heavy atom. The number of nitrogens with two attached hydrogens (primary N) is 1. The van der Waals surface area contributed by atoms with Gasteiger partial charge in [0.05, 0.1) is 0 Å². The largest absolute Gasteiger partial charge is 0.465 e. The van der Waals surface area contributed by atoms with Crippen molar-refractivity contribution in [2.45, 2.75) is 64.3 Å². The Labute approximate surface area is 122 Å². The molecule has 1 aromatic heterocycles. The molecule has 5 rings (SSSR count). The van der Waals surface area contributed by atoms with Crippen molar-refractivity contribution in [3.05, 3.63) is 23.2 Å². The van der Waals surface area contributed by atoms with E-state index in [1.54, 1.807) is 0 Å². The number of furan rings is 1. The van der Waals surface area contributed by atoms with E-state index in [-0.39, 0.29) is 0 Å². The van der Waals surface area contributed by atoms with Gasteiger partial charge in [-0.05, 0) is 61.8 Å². The molecule has 0 aromatic carbocycles. The van der Waals surface area contributed by atoms with Crippen LogP contribution in [-0.2, 0) is 6.54 Å². The van der Waals surface area contributed by atoms with Crippen LogP contribution in [0.5, 0.6) is 0 Å². The van der Waals surface area contributed by atoms with E-state index in [9.17, 15) is 0 Å². The van der Waals surface area contributed by atoms with Gasteiger partial charge in [-0.3, -0.25) is 0 Å². The van der Waals surface area contributed by atoms with Crippen LogP contribution < -0.4 is 5.73 Å². The van der Waals surface area contributed by atoms with Crippen LogP contribution in [0, 0.1) is 23.7 Å². The molecule has 20 heavy (non-hydrogen) atoms. The van der Waals surface area contributed by atoms with Gasteiger partial charge < -0.3 is 10.2 Å². The van der Waals surface area contributed by atoms with Crippen molar-refractivity contribution in [1.82, 2.24) is 0 Å². The summed E-state index contributed by atoms with van der Waals surface area (Å²) >= 11 is 0. The van der Waals surface area contributed by atoms with Crippen LogP contribution in [0.15, 0.2) is 10.5 Å². The Morgan fingerprint density at radius 2 is 1.70 bits per heavy atom. The maximum Gasteiger partial charge on any atom is 0.111 e. The molecule has 0 atom stereocenters. The lowest BCUT2D eigenvalue weighted by atomic mass is 9.51. The lowest BCUT2D eigenvalue weighted by molar-refractivity contribution is -0.00998. The second-order valence-electron chi connectivity index (χ2n) is 7.85. The minimum Gasteiger partial charge on any atom is -0.465 e. The van der Waals surface area contributed by atoms with Crippen LogP contribution in [-0.4, -0.2) is 0 Å². The maximum absolute atomic E-state index is 6.31. The molecule has 0 saturated heterocycles. The van der Waals surface area contributed by atoms with Gasteiger partial charge in [0.2, 0.25) is 0 Å². The molecular formula is C18H27NO. The molecule has 0 unspecified atom stereocenters. The van der Waals surface area contributed by atoms with Crippen molar-refractivity contribution in [3.8, 4) is 0 Å². The zero-order valence-electron chi connectivity index (χ0n) is 12.8. The first-order valence-corrected chi connectivity index (χ1v) is 8.48. The zero-order chi connectivity index (χ0) is 13.9. The van der Waals surface area contributed by atoms with Gasteiger partial charge in [-0.1, -0.05) is 13.8 Å². The molecule has 4 bridgehead atoms. The first-order chi connectivity index (χ1) is 9.65. The molecule has 2 heteroatoms. The molecule has 0 aliphatic heterocycles. The van der Waals surface area contributed by atoms with Gasteiger partial charge in [0, 0.05) is 23.9 Å². The predicted octanol–water partition coefficient (Wildman–Crippen LogP) is 4.40. The smallest absolute Gasteiger partial charge is 0.111 e. The summed E-state index contributed by atoms with van der Waals surface area (Å²) in [5.74, 6) is 7.38. The number of rotatable bonds is 3. The Bertz CT molecular complexity index is 474. The van der Waals surface area contributed by atoms with Crippen molar-refractivity contribution in [1.29, 1.82) is 0 Å². The van der Waals surface area contributed by atoms with E-state index >= 15 is 0 Å². The molecule has 0 spiro atoms. The van der Waals surface area contributed by atoms with Crippen LogP contribution >= 0.6 is 0 Å². The van der Waals surface area contributed by atoms with Gasteiger partial charge in [0.15, 0.2) is 0 Å². The molecular weight excluding hydrogens is 246 g/mol. The van der Waals surface area contributed by atoms with Gasteiger partial charge in [-0.2, -0.15) is 0 Å². The molecule has 1 aromatic rings. The number of hydrogen-bond acceptors (Lipinski definition) is 2. The summed E-state index contributed by atoms with van der Waals surface area (Å²) in [6, 6.07) is 2.29.